The van der Waals surface area contributed by atoms with Gasteiger partial charge in [0.2, 0.25) is 5.91 Å². The van der Waals surface area contributed by atoms with Crippen molar-refractivity contribution in [2.24, 2.45) is 0 Å². The molecule has 11 heteroatoms. The number of hydrazine groups is 1. The third-order valence-electron chi connectivity index (χ3n) is 5.23. The van der Waals surface area contributed by atoms with Crippen molar-refractivity contribution in [3.63, 3.8) is 0 Å². The first-order chi connectivity index (χ1) is 15.5. The highest BCUT2D eigenvalue weighted by Gasteiger charge is 2.23. The van der Waals surface area contributed by atoms with Gasteiger partial charge in [-0.2, -0.15) is 0 Å². The van der Waals surface area contributed by atoms with E-state index in [9.17, 15) is 14.4 Å². The van der Waals surface area contributed by atoms with Crippen LogP contribution in [0, 0.1) is 6.92 Å². The fourth-order valence-corrected chi connectivity index (χ4v) is 5.65. The Morgan fingerprint density at radius 3 is 2.91 bits per heavy atom. The number of hydrogen-bond donors (Lipinski definition) is 2. The van der Waals surface area contributed by atoms with E-state index in [0.717, 1.165) is 41.5 Å². The fourth-order valence-electron chi connectivity index (χ4n) is 3.68. The molecule has 0 aliphatic carbocycles. The number of thioether (sulfide) groups is 1. The molecule has 0 bridgehead atoms. The molecule has 1 unspecified atom stereocenters. The molecule has 0 spiro atoms. The minimum Gasteiger partial charge on any atom is -0.459 e. The smallest absolute Gasteiger partial charge is 0.305 e. The second-order valence-corrected chi connectivity index (χ2v) is 9.53. The highest BCUT2D eigenvalue weighted by atomic mass is 32.2. The maximum Gasteiger partial charge on any atom is 0.305 e. The number of carbonyl (C=O) groups excluding carboxylic acids is 2. The van der Waals surface area contributed by atoms with Crippen LogP contribution in [0.4, 0.5) is 0 Å². The summed E-state index contributed by atoms with van der Waals surface area (Å²) in [7, 11) is 0. The van der Waals surface area contributed by atoms with Gasteiger partial charge in [0, 0.05) is 11.5 Å². The van der Waals surface area contributed by atoms with E-state index in [4.69, 9.17) is 14.1 Å². The molecule has 170 valence electrons. The molecule has 9 nitrogen and oxygen atoms in total. The van der Waals surface area contributed by atoms with Crippen molar-refractivity contribution in [3.05, 3.63) is 45.0 Å². The van der Waals surface area contributed by atoms with Crippen LogP contribution in [0.5, 0.6) is 0 Å². The average Bonchev–Trinajstić information content (AvgIpc) is 3.53. The maximum absolute atomic E-state index is 13.4. The maximum atomic E-state index is 13.4. The summed E-state index contributed by atoms with van der Waals surface area (Å²) in [5.41, 5.74) is 5.58. The summed E-state index contributed by atoms with van der Waals surface area (Å²) in [4.78, 5) is 44.1. The number of furan rings is 1. The number of thiophene rings is 1. The zero-order valence-electron chi connectivity index (χ0n) is 17.8. The molecule has 1 aliphatic heterocycles. The summed E-state index contributed by atoms with van der Waals surface area (Å²) in [5.74, 6) is -0.906. The van der Waals surface area contributed by atoms with Crippen LogP contribution < -0.4 is 16.4 Å². The molecule has 0 saturated carbocycles. The minimum absolute atomic E-state index is 0.0209. The van der Waals surface area contributed by atoms with Gasteiger partial charge in [-0.1, -0.05) is 18.7 Å². The van der Waals surface area contributed by atoms with Crippen molar-refractivity contribution >= 4 is 45.1 Å². The summed E-state index contributed by atoms with van der Waals surface area (Å²) < 4.78 is 12.3. The summed E-state index contributed by atoms with van der Waals surface area (Å²) in [6.45, 7) is 5.12. The molecule has 1 fully saturated rings. The van der Waals surface area contributed by atoms with Gasteiger partial charge in [-0.3, -0.25) is 29.8 Å². The number of nitrogens with one attached hydrogen (secondary N) is 2. The number of aromatic nitrogens is 2. The van der Waals surface area contributed by atoms with Gasteiger partial charge in [0.25, 0.3) is 5.56 Å². The monoisotopic (exact) mass is 476 g/mol. The summed E-state index contributed by atoms with van der Waals surface area (Å²) in [5, 5.41) is 1.13. The van der Waals surface area contributed by atoms with Gasteiger partial charge in [-0.25, -0.2) is 4.98 Å². The third-order valence-corrected chi connectivity index (χ3v) is 7.25. The fraction of sp³-hybridized carbons (Fsp3) is 0.429. The van der Waals surface area contributed by atoms with E-state index in [-0.39, 0.29) is 23.2 Å². The highest BCUT2D eigenvalue weighted by molar-refractivity contribution is 7.99. The highest BCUT2D eigenvalue weighted by Crippen LogP contribution is 2.30. The van der Waals surface area contributed by atoms with Gasteiger partial charge in [-0.15, -0.1) is 11.3 Å². The van der Waals surface area contributed by atoms with E-state index < -0.39 is 11.8 Å². The van der Waals surface area contributed by atoms with Crippen LogP contribution in [0.3, 0.4) is 0 Å². The van der Waals surface area contributed by atoms with E-state index >= 15 is 0 Å². The molecular formula is C21H24N4O5S2. The number of nitrogens with zero attached hydrogens (tertiary/aromatic N) is 2. The van der Waals surface area contributed by atoms with E-state index in [2.05, 4.69) is 10.9 Å². The van der Waals surface area contributed by atoms with Crippen LogP contribution >= 0.6 is 23.1 Å². The Hall–Kier alpha value is -2.63. The van der Waals surface area contributed by atoms with E-state index in [1.807, 2.05) is 13.8 Å². The van der Waals surface area contributed by atoms with Gasteiger partial charge >= 0.3 is 5.91 Å². The average molecular weight is 477 g/mol. The standard InChI is InChI=1S/C21H24N4O5S2/c1-3-14-12(2)32-19-17(14)20(28)25(10-13-6-4-8-29-13)21(22-19)31-11-16(26)23-24-18(27)15-7-5-9-30-15/h5,7,9,13H,3-4,6,8,10-11H2,1-2H3,(H,23,26)(H,24,27). The molecular weight excluding hydrogens is 452 g/mol. The number of aryl methyl sites for hydroxylation is 2. The molecule has 3 aromatic rings. The summed E-state index contributed by atoms with van der Waals surface area (Å²) in [6, 6.07) is 3.07. The first-order valence-corrected chi connectivity index (χ1v) is 12.2. The lowest BCUT2D eigenvalue weighted by atomic mass is 10.1. The Morgan fingerprint density at radius 1 is 1.38 bits per heavy atom. The van der Waals surface area contributed by atoms with Gasteiger partial charge in [0.05, 0.1) is 30.1 Å². The number of ether oxygens (including phenoxy) is 1. The molecule has 4 heterocycles. The molecule has 0 aromatic carbocycles. The first-order valence-electron chi connectivity index (χ1n) is 10.4. The van der Waals surface area contributed by atoms with Gasteiger partial charge < -0.3 is 9.15 Å². The van der Waals surface area contributed by atoms with Crippen LogP contribution in [0.15, 0.2) is 32.8 Å². The van der Waals surface area contributed by atoms with Gasteiger partial charge in [0.15, 0.2) is 10.9 Å². The van der Waals surface area contributed by atoms with Crippen molar-refractivity contribution < 1.29 is 18.7 Å². The molecule has 2 amide bonds. The number of fused-ring (bicyclic) bond motifs is 1. The Morgan fingerprint density at radius 2 is 2.22 bits per heavy atom. The normalized spacial score (nSPS) is 15.9. The Kier molecular flexibility index (Phi) is 6.97. The van der Waals surface area contributed by atoms with E-state index in [1.54, 1.807) is 10.6 Å². The van der Waals surface area contributed by atoms with Crippen molar-refractivity contribution in [2.75, 3.05) is 12.4 Å². The second-order valence-electron chi connectivity index (χ2n) is 7.38. The SMILES string of the molecule is CCc1c(C)sc2nc(SCC(=O)NNC(=O)c3ccco3)n(CC3CCCO3)c(=O)c12. The molecule has 1 atom stereocenters. The third kappa shape index (κ3) is 4.74. The van der Waals surface area contributed by atoms with Crippen LogP contribution in [0.2, 0.25) is 0 Å². The van der Waals surface area contributed by atoms with Crippen LogP contribution in [-0.2, 0) is 22.5 Å². The largest absolute Gasteiger partial charge is 0.459 e. The van der Waals surface area contributed by atoms with Crippen molar-refractivity contribution in [3.8, 4) is 0 Å². The predicted octanol–water partition coefficient (Wildman–Crippen LogP) is 2.65. The summed E-state index contributed by atoms with van der Waals surface area (Å²) >= 11 is 2.65. The lowest BCUT2D eigenvalue weighted by molar-refractivity contribution is -0.119. The number of hydrogen-bond acceptors (Lipinski definition) is 8. The zero-order chi connectivity index (χ0) is 22.7. The van der Waals surface area contributed by atoms with Crippen LogP contribution in [-0.4, -0.2) is 39.8 Å². The second kappa shape index (κ2) is 9.88. The molecule has 4 rings (SSSR count). The van der Waals surface area contributed by atoms with Crippen molar-refractivity contribution in [1.82, 2.24) is 20.4 Å². The van der Waals surface area contributed by atoms with Gasteiger partial charge in [0.1, 0.15) is 4.83 Å². The quantitative estimate of drug-likeness (QED) is 0.306. The topological polar surface area (TPSA) is 115 Å². The van der Waals surface area contributed by atoms with E-state index in [1.165, 1.54) is 23.7 Å². The minimum atomic E-state index is -0.552. The molecule has 0 radical (unpaired) electrons. The lowest BCUT2D eigenvalue weighted by Gasteiger charge is -2.16. The first kappa shape index (κ1) is 22.6. The van der Waals surface area contributed by atoms with Crippen molar-refractivity contribution in [2.45, 2.75) is 50.9 Å². The lowest BCUT2D eigenvalue weighted by Crippen LogP contribution is -2.42. The molecule has 1 saturated heterocycles. The van der Waals surface area contributed by atoms with Gasteiger partial charge in [-0.05, 0) is 43.9 Å². The molecule has 1 aliphatic rings. The number of carbonyl (C=O) groups is 2. The van der Waals surface area contributed by atoms with Crippen LogP contribution in [0.25, 0.3) is 10.2 Å². The molecule has 32 heavy (non-hydrogen) atoms. The Bertz CT molecular complexity index is 1180. The molecule has 2 N–H and O–H groups in total. The number of amides is 2. The Labute approximate surface area is 192 Å². The van der Waals surface area contributed by atoms with Crippen molar-refractivity contribution in [1.29, 1.82) is 0 Å². The zero-order valence-corrected chi connectivity index (χ0v) is 19.4. The summed E-state index contributed by atoms with van der Waals surface area (Å²) in [6.07, 6.45) is 3.94. The van der Waals surface area contributed by atoms with E-state index in [0.29, 0.717) is 28.5 Å². The molecule has 3 aromatic heterocycles. The Balaban J connectivity index is 1.53. The predicted molar refractivity (Wildman–Crippen MR) is 122 cm³/mol. The number of rotatable bonds is 7. The van der Waals surface area contributed by atoms with Crippen LogP contribution in [0.1, 0.15) is 40.8 Å².